The molecule has 100 valence electrons. The lowest BCUT2D eigenvalue weighted by molar-refractivity contribution is -0.140. The van der Waals surface area contributed by atoms with Crippen LogP contribution < -0.4 is 5.43 Å². The van der Waals surface area contributed by atoms with Gasteiger partial charge in [0.25, 0.3) is 11.8 Å². The minimum Gasteiger partial charge on any atom is -0.386 e. The van der Waals surface area contributed by atoms with Crippen molar-refractivity contribution in [3.63, 3.8) is 0 Å². The minimum atomic E-state index is -0.761. The van der Waals surface area contributed by atoms with Crippen LogP contribution in [-0.4, -0.2) is 41.4 Å². The molecule has 0 aliphatic carbocycles. The SMILES string of the molecule is O=CCN(NC(=O)CO)C(=O)C=Cc1ccccc1. The van der Waals surface area contributed by atoms with Crippen molar-refractivity contribution < 1.29 is 19.5 Å². The molecule has 6 heteroatoms. The van der Waals surface area contributed by atoms with Crippen molar-refractivity contribution >= 4 is 24.2 Å². The van der Waals surface area contributed by atoms with E-state index in [2.05, 4.69) is 5.43 Å². The van der Waals surface area contributed by atoms with Crippen molar-refractivity contribution in [2.45, 2.75) is 0 Å². The third kappa shape index (κ3) is 5.13. The second-order valence-electron chi connectivity index (χ2n) is 3.55. The van der Waals surface area contributed by atoms with Crippen LogP contribution in [0.2, 0.25) is 0 Å². The Labute approximate surface area is 110 Å². The van der Waals surface area contributed by atoms with Crippen LogP contribution in [0, 0.1) is 0 Å². The summed E-state index contributed by atoms with van der Waals surface area (Å²) < 4.78 is 0. The number of hydrogen-bond acceptors (Lipinski definition) is 4. The summed E-state index contributed by atoms with van der Waals surface area (Å²) in [5.74, 6) is -1.32. The molecule has 0 bridgehead atoms. The first-order valence-corrected chi connectivity index (χ1v) is 5.56. The predicted molar refractivity (Wildman–Crippen MR) is 68.5 cm³/mol. The van der Waals surface area contributed by atoms with Crippen LogP contribution in [0.4, 0.5) is 0 Å². The average molecular weight is 262 g/mol. The van der Waals surface area contributed by atoms with Crippen LogP contribution >= 0.6 is 0 Å². The van der Waals surface area contributed by atoms with Gasteiger partial charge in [0.2, 0.25) is 0 Å². The van der Waals surface area contributed by atoms with Crippen LogP contribution in [0.25, 0.3) is 6.08 Å². The number of nitrogens with zero attached hydrogens (tertiary/aromatic N) is 1. The molecule has 0 saturated heterocycles. The smallest absolute Gasteiger partial charge is 0.265 e. The number of hydrazine groups is 1. The van der Waals surface area contributed by atoms with Gasteiger partial charge >= 0.3 is 0 Å². The first kappa shape index (κ1) is 14.6. The predicted octanol–water partition coefficient (Wildman–Crippen LogP) is -0.249. The fourth-order valence-electron chi connectivity index (χ4n) is 1.27. The normalized spacial score (nSPS) is 10.2. The first-order chi connectivity index (χ1) is 9.17. The van der Waals surface area contributed by atoms with Crippen molar-refractivity contribution in [3.8, 4) is 0 Å². The fourth-order valence-corrected chi connectivity index (χ4v) is 1.27. The highest BCUT2D eigenvalue weighted by Crippen LogP contribution is 2.01. The summed E-state index contributed by atoms with van der Waals surface area (Å²) in [6.07, 6.45) is 3.27. The van der Waals surface area contributed by atoms with Crippen LogP contribution in [0.15, 0.2) is 36.4 Å². The monoisotopic (exact) mass is 262 g/mol. The van der Waals surface area contributed by atoms with E-state index in [9.17, 15) is 14.4 Å². The van der Waals surface area contributed by atoms with Gasteiger partial charge in [-0.1, -0.05) is 30.3 Å². The van der Waals surface area contributed by atoms with E-state index in [-0.39, 0.29) is 6.54 Å². The van der Waals surface area contributed by atoms with Gasteiger partial charge in [-0.3, -0.25) is 15.0 Å². The number of hydrogen-bond donors (Lipinski definition) is 2. The Morgan fingerprint density at radius 1 is 1.26 bits per heavy atom. The van der Waals surface area contributed by atoms with Gasteiger partial charge in [-0.05, 0) is 11.6 Å². The number of carbonyl (C=O) groups is 3. The second-order valence-corrected chi connectivity index (χ2v) is 3.55. The quantitative estimate of drug-likeness (QED) is 0.435. The summed E-state index contributed by atoms with van der Waals surface area (Å²) >= 11 is 0. The van der Waals surface area contributed by atoms with Gasteiger partial charge in [0, 0.05) is 6.08 Å². The Balaban J connectivity index is 2.69. The molecule has 19 heavy (non-hydrogen) atoms. The van der Waals surface area contributed by atoms with E-state index in [1.165, 1.54) is 6.08 Å². The molecule has 0 radical (unpaired) electrons. The first-order valence-electron chi connectivity index (χ1n) is 5.56. The molecule has 0 fully saturated rings. The number of aliphatic hydroxyl groups excluding tert-OH is 1. The maximum absolute atomic E-state index is 11.7. The maximum atomic E-state index is 11.7. The van der Waals surface area contributed by atoms with Crippen molar-refractivity contribution in [3.05, 3.63) is 42.0 Å². The van der Waals surface area contributed by atoms with Crippen LogP contribution in [0.5, 0.6) is 0 Å². The molecule has 2 amide bonds. The Kier molecular flexibility index (Phi) is 5.97. The lowest BCUT2D eigenvalue weighted by Crippen LogP contribution is -2.47. The summed E-state index contributed by atoms with van der Waals surface area (Å²) in [4.78, 5) is 33.2. The van der Waals surface area contributed by atoms with Gasteiger partial charge in [-0.2, -0.15) is 0 Å². The molecule has 0 aromatic heterocycles. The summed E-state index contributed by atoms with van der Waals surface area (Å²) in [6, 6.07) is 9.10. The maximum Gasteiger partial charge on any atom is 0.265 e. The van der Waals surface area contributed by atoms with Gasteiger partial charge in [-0.15, -0.1) is 0 Å². The summed E-state index contributed by atoms with van der Waals surface area (Å²) in [5.41, 5.74) is 2.93. The van der Waals surface area contributed by atoms with Gasteiger partial charge in [-0.25, -0.2) is 5.01 Å². The molecule has 0 heterocycles. The molecule has 2 N–H and O–H groups in total. The van der Waals surface area contributed by atoms with E-state index in [4.69, 9.17) is 5.11 Å². The van der Waals surface area contributed by atoms with Crippen LogP contribution in [0.3, 0.4) is 0 Å². The Morgan fingerprint density at radius 3 is 2.53 bits per heavy atom. The van der Waals surface area contributed by atoms with Crippen LogP contribution in [0.1, 0.15) is 5.56 Å². The number of aldehydes is 1. The highest BCUT2D eigenvalue weighted by atomic mass is 16.3. The zero-order chi connectivity index (χ0) is 14.1. The zero-order valence-corrected chi connectivity index (χ0v) is 10.2. The van der Waals surface area contributed by atoms with E-state index in [1.54, 1.807) is 18.2 Å². The second kappa shape index (κ2) is 7.78. The summed E-state index contributed by atoms with van der Waals surface area (Å²) in [5, 5.41) is 9.41. The standard InChI is InChI=1S/C13H14N2O4/c16-9-8-15(14-12(18)10-17)13(19)7-6-11-4-2-1-3-5-11/h1-7,9,17H,8,10H2,(H,14,18). The third-order valence-corrected chi connectivity index (χ3v) is 2.14. The molecule has 1 aromatic rings. The number of rotatable bonds is 5. The van der Waals surface area contributed by atoms with Gasteiger partial charge in [0.15, 0.2) is 0 Å². The lowest BCUT2D eigenvalue weighted by atomic mass is 10.2. The van der Waals surface area contributed by atoms with Gasteiger partial charge in [0.1, 0.15) is 12.9 Å². The molecule has 0 unspecified atom stereocenters. The Morgan fingerprint density at radius 2 is 1.95 bits per heavy atom. The molecular formula is C13H14N2O4. The number of benzene rings is 1. The molecule has 1 aromatic carbocycles. The van der Waals surface area contributed by atoms with Crippen molar-refractivity contribution in [2.24, 2.45) is 0 Å². The van der Waals surface area contributed by atoms with E-state index in [0.29, 0.717) is 6.29 Å². The van der Waals surface area contributed by atoms with Crippen LogP contribution in [-0.2, 0) is 14.4 Å². The highest BCUT2D eigenvalue weighted by molar-refractivity contribution is 5.94. The average Bonchev–Trinajstić information content (AvgIpc) is 2.45. The molecule has 6 nitrogen and oxygen atoms in total. The van der Waals surface area contributed by atoms with Gasteiger partial charge in [0.05, 0.1) is 6.54 Å². The highest BCUT2D eigenvalue weighted by Gasteiger charge is 2.12. The van der Waals surface area contributed by atoms with E-state index < -0.39 is 18.4 Å². The number of nitrogens with one attached hydrogen (secondary N) is 1. The summed E-state index contributed by atoms with van der Waals surface area (Å²) in [6.45, 7) is -1.05. The lowest BCUT2D eigenvalue weighted by Gasteiger charge is -2.18. The Bertz CT molecular complexity index is 471. The number of carbonyl (C=O) groups excluding carboxylic acids is 3. The topological polar surface area (TPSA) is 86.7 Å². The molecule has 1 rings (SSSR count). The van der Waals surface area contributed by atoms with E-state index >= 15 is 0 Å². The minimum absolute atomic E-state index is 0.288. The Hall–Kier alpha value is -2.47. The fraction of sp³-hybridized carbons (Fsp3) is 0.154. The third-order valence-electron chi connectivity index (χ3n) is 2.14. The molecule has 0 saturated carbocycles. The molecule has 0 aliphatic rings. The number of amides is 2. The van der Waals surface area contributed by atoms with Crippen molar-refractivity contribution in [2.75, 3.05) is 13.2 Å². The largest absolute Gasteiger partial charge is 0.386 e. The van der Waals surface area contributed by atoms with Gasteiger partial charge < -0.3 is 9.90 Å². The van der Waals surface area contributed by atoms with E-state index in [0.717, 1.165) is 10.6 Å². The van der Waals surface area contributed by atoms with Crippen molar-refractivity contribution in [1.82, 2.24) is 10.4 Å². The molecule has 0 atom stereocenters. The zero-order valence-electron chi connectivity index (χ0n) is 10.2. The molecular weight excluding hydrogens is 248 g/mol. The van der Waals surface area contributed by atoms with E-state index in [1.807, 2.05) is 18.2 Å². The number of aliphatic hydroxyl groups is 1. The molecule has 0 aliphatic heterocycles. The molecule has 0 spiro atoms. The van der Waals surface area contributed by atoms with Crippen molar-refractivity contribution in [1.29, 1.82) is 0 Å². The summed E-state index contributed by atoms with van der Waals surface area (Å²) in [7, 11) is 0.